The summed E-state index contributed by atoms with van der Waals surface area (Å²) in [7, 11) is 0. The lowest BCUT2D eigenvalue weighted by Gasteiger charge is -2.31. The average Bonchev–Trinajstić information content (AvgIpc) is 2.55. The molecule has 5 heteroatoms. The second kappa shape index (κ2) is 6.75. The molecule has 1 saturated carbocycles. The lowest BCUT2D eigenvalue weighted by atomic mass is 9.85. The number of aromatic nitrogens is 2. The van der Waals surface area contributed by atoms with Gasteiger partial charge < -0.3 is 14.6 Å². The van der Waals surface area contributed by atoms with Crippen molar-refractivity contribution in [3.05, 3.63) is 42.7 Å². The molecule has 1 aliphatic rings. The highest BCUT2D eigenvalue weighted by Crippen LogP contribution is 2.29. The van der Waals surface area contributed by atoms with Crippen LogP contribution < -0.4 is 9.47 Å². The van der Waals surface area contributed by atoms with Crippen LogP contribution in [0, 0.1) is 0 Å². The van der Waals surface area contributed by atoms with E-state index in [0.29, 0.717) is 24.1 Å². The van der Waals surface area contributed by atoms with Crippen LogP contribution in [0.5, 0.6) is 17.5 Å². The molecule has 0 unspecified atom stereocenters. The molecular weight excluding hydrogens is 280 g/mol. The molecule has 0 radical (unpaired) electrons. The molecule has 0 saturated heterocycles. The largest absolute Gasteiger partial charge is 0.490 e. The van der Waals surface area contributed by atoms with E-state index in [1.807, 2.05) is 18.2 Å². The van der Waals surface area contributed by atoms with Gasteiger partial charge in [-0.25, -0.2) is 9.97 Å². The zero-order valence-electron chi connectivity index (χ0n) is 12.4. The van der Waals surface area contributed by atoms with Crippen LogP contribution in [0.15, 0.2) is 42.7 Å². The Morgan fingerprint density at radius 1 is 1.00 bits per heavy atom. The van der Waals surface area contributed by atoms with Gasteiger partial charge in [-0.1, -0.05) is 25.3 Å². The number of hydrogen-bond donors (Lipinski definition) is 1. The van der Waals surface area contributed by atoms with E-state index in [1.165, 1.54) is 6.42 Å². The summed E-state index contributed by atoms with van der Waals surface area (Å²) < 4.78 is 11.3. The average molecular weight is 300 g/mol. The van der Waals surface area contributed by atoms with Crippen LogP contribution in [0.25, 0.3) is 0 Å². The smallest absolute Gasteiger partial charge is 0.321 e. The molecule has 0 atom stereocenters. The van der Waals surface area contributed by atoms with Crippen molar-refractivity contribution in [2.45, 2.75) is 37.7 Å². The fourth-order valence-electron chi connectivity index (χ4n) is 2.64. The number of aliphatic hydroxyl groups is 1. The lowest BCUT2D eigenvalue weighted by molar-refractivity contribution is -0.0339. The Morgan fingerprint density at radius 3 is 2.50 bits per heavy atom. The van der Waals surface area contributed by atoms with Crippen LogP contribution in [0.4, 0.5) is 0 Å². The molecule has 1 N–H and O–H groups in total. The number of nitrogens with zero attached hydrogens (tertiary/aromatic N) is 2. The molecule has 1 aromatic heterocycles. The van der Waals surface area contributed by atoms with Crippen molar-refractivity contribution >= 4 is 0 Å². The van der Waals surface area contributed by atoms with Crippen molar-refractivity contribution in [1.29, 1.82) is 0 Å². The minimum Gasteiger partial charge on any atom is -0.490 e. The quantitative estimate of drug-likeness (QED) is 0.917. The van der Waals surface area contributed by atoms with Crippen LogP contribution in [0.3, 0.4) is 0 Å². The second-order valence-electron chi connectivity index (χ2n) is 5.68. The van der Waals surface area contributed by atoms with Gasteiger partial charge in [0.15, 0.2) is 0 Å². The molecule has 1 fully saturated rings. The van der Waals surface area contributed by atoms with E-state index < -0.39 is 5.60 Å². The molecule has 1 heterocycles. The molecule has 22 heavy (non-hydrogen) atoms. The van der Waals surface area contributed by atoms with Crippen LogP contribution in [0.1, 0.15) is 32.1 Å². The third kappa shape index (κ3) is 3.95. The fraction of sp³-hybridized carbons (Fsp3) is 0.412. The van der Waals surface area contributed by atoms with Crippen molar-refractivity contribution in [3.63, 3.8) is 0 Å². The molecule has 0 spiro atoms. The van der Waals surface area contributed by atoms with Crippen LogP contribution in [0.2, 0.25) is 0 Å². The van der Waals surface area contributed by atoms with Crippen molar-refractivity contribution in [1.82, 2.24) is 9.97 Å². The molecule has 116 valence electrons. The SMILES string of the molecule is OC1(COc2cccc(Oc3ncccn3)c2)CCCCC1. The predicted octanol–water partition coefficient (Wildman–Crippen LogP) is 3.34. The van der Waals surface area contributed by atoms with E-state index >= 15 is 0 Å². The van der Waals surface area contributed by atoms with Gasteiger partial charge in [-0.15, -0.1) is 0 Å². The summed E-state index contributed by atoms with van der Waals surface area (Å²) in [6.07, 6.45) is 8.19. The van der Waals surface area contributed by atoms with Gasteiger partial charge in [-0.2, -0.15) is 0 Å². The topological polar surface area (TPSA) is 64.5 Å². The predicted molar refractivity (Wildman–Crippen MR) is 82.1 cm³/mol. The summed E-state index contributed by atoms with van der Waals surface area (Å²) in [6, 6.07) is 9.33. The number of benzene rings is 1. The molecule has 3 rings (SSSR count). The Kier molecular flexibility index (Phi) is 4.53. The van der Waals surface area contributed by atoms with E-state index in [1.54, 1.807) is 24.5 Å². The summed E-state index contributed by atoms with van der Waals surface area (Å²) >= 11 is 0. The molecule has 0 aliphatic heterocycles. The highest BCUT2D eigenvalue weighted by Gasteiger charge is 2.29. The number of hydrogen-bond acceptors (Lipinski definition) is 5. The van der Waals surface area contributed by atoms with E-state index in [2.05, 4.69) is 9.97 Å². The van der Waals surface area contributed by atoms with Gasteiger partial charge in [0.1, 0.15) is 18.1 Å². The maximum Gasteiger partial charge on any atom is 0.321 e. The van der Waals surface area contributed by atoms with Crippen molar-refractivity contribution in [2.24, 2.45) is 0 Å². The van der Waals surface area contributed by atoms with E-state index in [4.69, 9.17) is 9.47 Å². The molecule has 2 aromatic rings. The van der Waals surface area contributed by atoms with Gasteiger partial charge in [0.2, 0.25) is 0 Å². The number of rotatable bonds is 5. The molecule has 5 nitrogen and oxygen atoms in total. The highest BCUT2D eigenvalue weighted by atomic mass is 16.5. The maximum atomic E-state index is 10.5. The van der Waals surface area contributed by atoms with E-state index in [9.17, 15) is 5.11 Å². The summed E-state index contributed by atoms with van der Waals surface area (Å²) in [5.41, 5.74) is -0.697. The second-order valence-corrected chi connectivity index (χ2v) is 5.68. The Balaban J connectivity index is 1.61. The minimum absolute atomic E-state index is 0.297. The Hall–Kier alpha value is -2.14. The first-order valence-corrected chi connectivity index (χ1v) is 7.64. The van der Waals surface area contributed by atoms with Gasteiger partial charge >= 0.3 is 6.01 Å². The molecule has 1 aromatic carbocycles. The van der Waals surface area contributed by atoms with Crippen molar-refractivity contribution in [2.75, 3.05) is 6.61 Å². The Morgan fingerprint density at radius 2 is 1.73 bits per heavy atom. The summed E-state index contributed by atoms with van der Waals surface area (Å²) in [4.78, 5) is 8.04. The van der Waals surface area contributed by atoms with Crippen molar-refractivity contribution in [3.8, 4) is 17.5 Å². The normalized spacial score (nSPS) is 17.0. The fourth-order valence-corrected chi connectivity index (χ4v) is 2.64. The van der Waals surface area contributed by atoms with E-state index in [-0.39, 0.29) is 0 Å². The van der Waals surface area contributed by atoms with Gasteiger partial charge in [-0.05, 0) is 31.0 Å². The third-order valence-corrected chi connectivity index (χ3v) is 3.85. The summed E-state index contributed by atoms with van der Waals surface area (Å²) in [6.45, 7) is 0.318. The Labute approximate surface area is 129 Å². The summed E-state index contributed by atoms with van der Waals surface area (Å²) in [5.74, 6) is 1.28. The van der Waals surface area contributed by atoms with Crippen molar-refractivity contribution < 1.29 is 14.6 Å². The first kappa shape index (κ1) is 14.8. The summed E-state index contributed by atoms with van der Waals surface area (Å²) in [5, 5.41) is 10.5. The molecule has 0 bridgehead atoms. The molecule has 1 aliphatic carbocycles. The molecule has 0 amide bonds. The zero-order valence-corrected chi connectivity index (χ0v) is 12.4. The Bertz CT molecular complexity index is 598. The minimum atomic E-state index is -0.697. The van der Waals surface area contributed by atoms with Gasteiger partial charge in [-0.3, -0.25) is 0 Å². The molecular formula is C17H20N2O3. The maximum absolute atomic E-state index is 10.5. The zero-order chi connectivity index (χ0) is 15.3. The number of ether oxygens (including phenoxy) is 2. The first-order chi connectivity index (χ1) is 10.7. The van der Waals surface area contributed by atoms with Gasteiger partial charge in [0, 0.05) is 18.5 Å². The standard InChI is InChI=1S/C17H20N2O3/c20-17(8-2-1-3-9-17)13-21-14-6-4-7-15(12-14)22-16-18-10-5-11-19-16/h4-7,10-12,20H,1-3,8-9,13H2. The first-order valence-electron chi connectivity index (χ1n) is 7.64. The van der Waals surface area contributed by atoms with Gasteiger partial charge in [0.25, 0.3) is 0 Å². The third-order valence-electron chi connectivity index (χ3n) is 3.85. The van der Waals surface area contributed by atoms with Crippen LogP contribution in [-0.2, 0) is 0 Å². The van der Waals surface area contributed by atoms with Crippen LogP contribution >= 0.6 is 0 Å². The van der Waals surface area contributed by atoms with Gasteiger partial charge in [0.05, 0.1) is 5.60 Å². The van der Waals surface area contributed by atoms with E-state index in [0.717, 1.165) is 25.7 Å². The van der Waals surface area contributed by atoms with Crippen LogP contribution in [-0.4, -0.2) is 27.3 Å². The highest BCUT2D eigenvalue weighted by molar-refractivity contribution is 5.34. The lowest BCUT2D eigenvalue weighted by Crippen LogP contribution is -2.37. The monoisotopic (exact) mass is 300 g/mol.